The number of nitrogens with one attached hydrogen (secondary N) is 1. The van der Waals surface area contributed by atoms with Crippen LogP contribution in [0.3, 0.4) is 0 Å². The van der Waals surface area contributed by atoms with Gasteiger partial charge in [0.25, 0.3) is 0 Å². The minimum absolute atomic E-state index is 0.295. The van der Waals surface area contributed by atoms with Crippen LogP contribution in [-0.4, -0.2) is 49.0 Å². The monoisotopic (exact) mass is 157 g/mol. The maximum Gasteiger partial charge on any atom is 0.137 e. The molecule has 0 amide bonds. The van der Waals surface area contributed by atoms with Crippen molar-refractivity contribution in [3.05, 3.63) is 0 Å². The molecule has 2 heterocycles. The minimum Gasteiger partial charge on any atom is -0.344 e. The van der Waals surface area contributed by atoms with E-state index in [1.54, 1.807) is 0 Å². The molecule has 4 nitrogen and oxygen atoms in total. The van der Waals surface area contributed by atoms with Gasteiger partial charge >= 0.3 is 0 Å². The maximum atomic E-state index is 5.46. The third kappa shape index (κ3) is 1.39. The smallest absolute Gasteiger partial charge is 0.137 e. The van der Waals surface area contributed by atoms with Crippen molar-refractivity contribution in [2.45, 2.75) is 13.2 Å². The highest BCUT2D eigenvalue weighted by molar-refractivity contribution is 4.75. The van der Waals surface area contributed by atoms with Gasteiger partial charge in [0, 0.05) is 19.6 Å². The molecule has 0 aromatic rings. The van der Waals surface area contributed by atoms with E-state index >= 15 is 0 Å². The van der Waals surface area contributed by atoms with E-state index in [1.165, 1.54) is 0 Å². The van der Waals surface area contributed by atoms with Crippen molar-refractivity contribution in [1.29, 1.82) is 0 Å². The molecule has 0 aliphatic carbocycles. The van der Waals surface area contributed by atoms with Crippen LogP contribution in [0.25, 0.3) is 0 Å². The fourth-order valence-corrected chi connectivity index (χ4v) is 1.63. The van der Waals surface area contributed by atoms with E-state index in [0.717, 1.165) is 26.2 Å². The average molecular weight is 157 g/mol. The summed E-state index contributed by atoms with van der Waals surface area (Å²) in [5.74, 6) is 0. The molecule has 11 heavy (non-hydrogen) atoms. The van der Waals surface area contributed by atoms with E-state index in [9.17, 15) is 0 Å². The molecular weight excluding hydrogens is 142 g/mol. The number of fused-ring (bicyclic) bond motifs is 1. The van der Waals surface area contributed by atoms with E-state index in [2.05, 4.69) is 22.3 Å². The highest BCUT2D eigenvalue weighted by Crippen LogP contribution is 2.11. The molecule has 2 rings (SSSR count). The van der Waals surface area contributed by atoms with E-state index < -0.39 is 0 Å². The Hall–Kier alpha value is -0.160. The van der Waals surface area contributed by atoms with Gasteiger partial charge in [-0.3, -0.25) is 4.90 Å². The Morgan fingerprint density at radius 3 is 3.27 bits per heavy atom. The molecule has 0 aromatic heterocycles. The van der Waals surface area contributed by atoms with Crippen molar-refractivity contribution >= 4 is 0 Å². The van der Waals surface area contributed by atoms with Crippen molar-refractivity contribution in [3.8, 4) is 0 Å². The lowest BCUT2D eigenvalue weighted by molar-refractivity contribution is -0.0310. The van der Waals surface area contributed by atoms with Crippen LogP contribution in [0.1, 0.15) is 6.92 Å². The zero-order valence-electron chi connectivity index (χ0n) is 6.92. The lowest BCUT2D eigenvalue weighted by atomic mass is 10.3. The number of hydrogen-bond acceptors (Lipinski definition) is 4. The minimum atomic E-state index is 0.295. The molecule has 0 spiro atoms. The van der Waals surface area contributed by atoms with E-state index in [-0.39, 0.29) is 0 Å². The Morgan fingerprint density at radius 2 is 2.45 bits per heavy atom. The second kappa shape index (κ2) is 3.06. The summed E-state index contributed by atoms with van der Waals surface area (Å²) in [6.07, 6.45) is 0.295. The summed E-state index contributed by atoms with van der Waals surface area (Å²) < 4.78 is 5.46. The van der Waals surface area contributed by atoms with E-state index in [4.69, 9.17) is 4.74 Å². The Morgan fingerprint density at radius 1 is 1.55 bits per heavy atom. The first-order valence-corrected chi connectivity index (χ1v) is 4.24. The molecule has 2 aliphatic rings. The highest BCUT2D eigenvalue weighted by Gasteiger charge is 2.30. The standard InChI is InChI=1S/C7H15N3O/c1-2-9-3-4-10-7(5-9)11-6-8-10/h7-8H,2-6H2,1H3. The van der Waals surface area contributed by atoms with Crippen molar-refractivity contribution < 1.29 is 4.74 Å². The Balaban J connectivity index is 1.91. The number of hydrazine groups is 1. The number of ether oxygens (including phenoxy) is 1. The second-order valence-electron chi connectivity index (χ2n) is 3.01. The third-order valence-corrected chi connectivity index (χ3v) is 2.41. The van der Waals surface area contributed by atoms with Crippen LogP contribution in [0.2, 0.25) is 0 Å². The number of likely N-dealkylation sites (N-methyl/N-ethyl adjacent to an activating group) is 1. The number of piperazine rings is 1. The van der Waals surface area contributed by atoms with Crippen molar-refractivity contribution in [2.24, 2.45) is 0 Å². The zero-order chi connectivity index (χ0) is 7.68. The second-order valence-corrected chi connectivity index (χ2v) is 3.01. The molecule has 2 aliphatic heterocycles. The van der Waals surface area contributed by atoms with Crippen LogP contribution in [0.5, 0.6) is 0 Å². The van der Waals surface area contributed by atoms with Gasteiger partial charge < -0.3 is 4.74 Å². The van der Waals surface area contributed by atoms with Crippen LogP contribution in [0.4, 0.5) is 0 Å². The van der Waals surface area contributed by atoms with Gasteiger partial charge in [-0.15, -0.1) is 0 Å². The van der Waals surface area contributed by atoms with Gasteiger partial charge in [-0.2, -0.15) is 0 Å². The largest absolute Gasteiger partial charge is 0.344 e. The molecule has 0 saturated carbocycles. The first-order valence-electron chi connectivity index (χ1n) is 4.24. The van der Waals surface area contributed by atoms with Gasteiger partial charge in [0.05, 0.1) is 0 Å². The summed E-state index contributed by atoms with van der Waals surface area (Å²) in [5.41, 5.74) is 3.19. The van der Waals surface area contributed by atoms with Gasteiger partial charge in [0.2, 0.25) is 0 Å². The molecule has 0 aromatic carbocycles. The lowest BCUT2D eigenvalue weighted by Crippen LogP contribution is -2.53. The SMILES string of the molecule is CCN1CCN2NCOC2C1. The topological polar surface area (TPSA) is 27.7 Å². The summed E-state index contributed by atoms with van der Waals surface area (Å²) in [7, 11) is 0. The first-order chi connectivity index (χ1) is 5.40. The summed E-state index contributed by atoms with van der Waals surface area (Å²) in [6.45, 7) is 7.29. The maximum absolute atomic E-state index is 5.46. The fourth-order valence-electron chi connectivity index (χ4n) is 1.63. The summed E-state index contributed by atoms with van der Waals surface area (Å²) in [4.78, 5) is 2.41. The average Bonchev–Trinajstić information content (AvgIpc) is 2.50. The molecule has 1 N–H and O–H groups in total. The molecular formula is C7H15N3O. The molecule has 2 fully saturated rings. The molecule has 1 unspecified atom stereocenters. The zero-order valence-corrected chi connectivity index (χ0v) is 6.92. The van der Waals surface area contributed by atoms with Crippen molar-refractivity contribution in [1.82, 2.24) is 15.3 Å². The van der Waals surface area contributed by atoms with E-state index in [0.29, 0.717) is 13.0 Å². The predicted molar refractivity (Wildman–Crippen MR) is 41.7 cm³/mol. The quantitative estimate of drug-likeness (QED) is 0.552. The molecule has 2 saturated heterocycles. The summed E-state index contributed by atoms with van der Waals surface area (Å²) >= 11 is 0. The van der Waals surface area contributed by atoms with Crippen LogP contribution in [0.15, 0.2) is 0 Å². The van der Waals surface area contributed by atoms with E-state index in [1.807, 2.05) is 0 Å². The summed E-state index contributed by atoms with van der Waals surface area (Å²) in [6, 6.07) is 0. The molecule has 1 atom stereocenters. The number of hydrogen-bond donors (Lipinski definition) is 1. The Kier molecular flexibility index (Phi) is 2.09. The van der Waals surface area contributed by atoms with Gasteiger partial charge in [-0.05, 0) is 6.54 Å². The van der Waals surface area contributed by atoms with Crippen molar-refractivity contribution in [3.63, 3.8) is 0 Å². The van der Waals surface area contributed by atoms with Crippen LogP contribution >= 0.6 is 0 Å². The summed E-state index contributed by atoms with van der Waals surface area (Å²) in [5, 5.41) is 2.19. The normalized spacial score (nSPS) is 34.1. The molecule has 0 radical (unpaired) electrons. The van der Waals surface area contributed by atoms with Crippen LogP contribution in [-0.2, 0) is 4.74 Å². The first kappa shape index (κ1) is 7.49. The molecule has 4 heteroatoms. The predicted octanol–water partition coefficient (Wildman–Crippen LogP) is -0.558. The van der Waals surface area contributed by atoms with Crippen LogP contribution < -0.4 is 5.43 Å². The number of nitrogens with zero attached hydrogens (tertiary/aromatic N) is 2. The highest BCUT2D eigenvalue weighted by atomic mass is 16.5. The fraction of sp³-hybridized carbons (Fsp3) is 1.00. The van der Waals surface area contributed by atoms with Crippen LogP contribution in [0, 0.1) is 0 Å². The Bertz CT molecular complexity index is 142. The van der Waals surface area contributed by atoms with Gasteiger partial charge in [-0.1, -0.05) is 6.92 Å². The molecule has 0 bridgehead atoms. The van der Waals surface area contributed by atoms with Crippen molar-refractivity contribution in [2.75, 3.05) is 32.9 Å². The van der Waals surface area contributed by atoms with Gasteiger partial charge in [0.15, 0.2) is 0 Å². The Labute approximate surface area is 67.1 Å². The molecule has 64 valence electrons. The number of rotatable bonds is 1. The van der Waals surface area contributed by atoms with Gasteiger partial charge in [-0.25, -0.2) is 10.4 Å². The van der Waals surface area contributed by atoms with Gasteiger partial charge in [0.1, 0.15) is 13.0 Å². The third-order valence-electron chi connectivity index (χ3n) is 2.41. The lowest BCUT2D eigenvalue weighted by Gasteiger charge is -2.34.